The van der Waals surface area contributed by atoms with Crippen molar-refractivity contribution < 1.29 is 9.59 Å². The van der Waals surface area contributed by atoms with Crippen LogP contribution in [0.3, 0.4) is 0 Å². The zero-order valence-corrected chi connectivity index (χ0v) is 13.5. The van der Waals surface area contributed by atoms with E-state index < -0.39 is 6.03 Å². The number of hydrogen-bond donors (Lipinski definition) is 2. The van der Waals surface area contributed by atoms with Crippen molar-refractivity contribution in [1.29, 1.82) is 0 Å². The molecule has 1 aromatic rings. The molecule has 124 valence electrons. The highest BCUT2D eigenvalue weighted by Crippen LogP contribution is 2.29. The van der Waals surface area contributed by atoms with Crippen molar-refractivity contribution in [1.82, 2.24) is 10.2 Å². The maximum atomic E-state index is 12.7. The third-order valence-corrected chi connectivity index (χ3v) is 5.04. The van der Waals surface area contributed by atoms with Crippen LogP contribution in [-0.2, 0) is 11.2 Å². The largest absolute Gasteiger partial charge is 0.351 e. The number of primary amides is 1. The second kappa shape index (κ2) is 7.02. The fourth-order valence-electron chi connectivity index (χ4n) is 3.75. The lowest BCUT2D eigenvalue weighted by molar-refractivity contribution is -0.127. The van der Waals surface area contributed by atoms with Gasteiger partial charge in [0.05, 0.1) is 12.0 Å². The summed E-state index contributed by atoms with van der Waals surface area (Å²) in [5.74, 6) is -0.0932. The number of rotatable bonds is 2. The topological polar surface area (TPSA) is 75.4 Å². The van der Waals surface area contributed by atoms with Crippen LogP contribution in [0.4, 0.5) is 4.79 Å². The third kappa shape index (κ3) is 3.66. The number of amides is 3. The Morgan fingerprint density at radius 3 is 2.78 bits per heavy atom. The second-order valence-electron chi connectivity index (χ2n) is 6.63. The molecule has 1 aliphatic carbocycles. The van der Waals surface area contributed by atoms with E-state index in [-0.39, 0.29) is 17.9 Å². The highest BCUT2D eigenvalue weighted by Gasteiger charge is 2.29. The normalized spacial score (nSPS) is 24.4. The van der Waals surface area contributed by atoms with Crippen LogP contribution in [0, 0.1) is 5.92 Å². The molecule has 1 heterocycles. The summed E-state index contributed by atoms with van der Waals surface area (Å²) in [7, 11) is 0. The number of urea groups is 1. The molecule has 5 nitrogen and oxygen atoms in total. The van der Waals surface area contributed by atoms with Gasteiger partial charge in [-0.3, -0.25) is 4.79 Å². The summed E-state index contributed by atoms with van der Waals surface area (Å²) in [5.41, 5.74) is 7.95. The molecule has 0 aromatic heterocycles. The van der Waals surface area contributed by atoms with Crippen molar-refractivity contribution in [2.24, 2.45) is 11.7 Å². The van der Waals surface area contributed by atoms with E-state index in [1.807, 2.05) is 6.07 Å². The van der Waals surface area contributed by atoms with Gasteiger partial charge in [0.25, 0.3) is 0 Å². The van der Waals surface area contributed by atoms with E-state index in [2.05, 4.69) is 23.5 Å². The molecule has 0 bridgehead atoms. The van der Waals surface area contributed by atoms with Crippen LogP contribution in [0.1, 0.15) is 49.3 Å². The Balaban J connectivity index is 1.69. The summed E-state index contributed by atoms with van der Waals surface area (Å²) >= 11 is 0. The van der Waals surface area contributed by atoms with Gasteiger partial charge in [0.1, 0.15) is 0 Å². The number of likely N-dealkylation sites (tertiary alicyclic amines) is 1. The maximum Gasteiger partial charge on any atom is 0.314 e. The molecule has 0 radical (unpaired) electrons. The van der Waals surface area contributed by atoms with Crippen molar-refractivity contribution >= 4 is 11.9 Å². The van der Waals surface area contributed by atoms with Gasteiger partial charge in [0.15, 0.2) is 0 Å². The van der Waals surface area contributed by atoms with Gasteiger partial charge >= 0.3 is 6.03 Å². The van der Waals surface area contributed by atoms with Crippen LogP contribution in [0.2, 0.25) is 0 Å². The fraction of sp³-hybridized carbons (Fsp3) is 0.556. The van der Waals surface area contributed by atoms with Crippen molar-refractivity contribution in [3.63, 3.8) is 0 Å². The molecular weight excluding hydrogens is 290 g/mol. The Morgan fingerprint density at radius 2 is 1.96 bits per heavy atom. The van der Waals surface area contributed by atoms with E-state index in [9.17, 15) is 9.59 Å². The molecule has 2 aliphatic rings. The quantitative estimate of drug-likeness (QED) is 0.822. The number of nitrogens with zero attached hydrogens (tertiary/aromatic N) is 1. The van der Waals surface area contributed by atoms with E-state index in [1.165, 1.54) is 17.5 Å². The van der Waals surface area contributed by atoms with E-state index >= 15 is 0 Å². The first-order valence-electron chi connectivity index (χ1n) is 8.57. The Kier molecular flexibility index (Phi) is 4.84. The van der Waals surface area contributed by atoms with Crippen molar-refractivity contribution in [3.8, 4) is 0 Å². The molecular formula is C18H25N3O2. The van der Waals surface area contributed by atoms with Gasteiger partial charge in [-0.05, 0) is 43.2 Å². The van der Waals surface area contributed by atoms with E-state index in [0.29, 0.717) is 13.1 Å². The Hall–Kier alpha value is -2.04. The average molecular weight is 315 g/mol. The van der Waals surface area contributed by atoms with E-state index in [4.69, 9.17) is 5.73 Å². The minimum absolute atomic E-state index is 0.0534. The predicted molar refractivity (Wildman–Crippen MR) is 88.8 cm³/mol. The number of carbonyl (C=O) groups is 2. The zero-order valence-electron chi connectivity index (χ0n) is 13.5. The highest BCUT2D eigenvalue weighted by atomic mass is 16.2. The average Bonchev–Trinajstić information content (AvgIpc) is 2.77. The number of nitrogens with one attached hydrogen (secondary N) is 1. The van der Waals surface area contributed by atoms with Crippen LogP contribution in [-0.4, -0.2) is 29.9 Å². The monoisotopic (exact) mass is 315 g/mol. The lowest BCUT2D eigenvalue weighted by Gasteiger charge is -2.32. The number of hydrogen-bond acceptors (Lipinski definition) is 2. The summed E-state index contributed by atoms with van der Waals surface area (Å²) in [6, 6.07) is 8.05. The first-order valence-corrected chi connectivity index (χ1v) is 8.57. The third-order valence-electron chi connectivity index (χ3n) is 5.04. The molecule has 1 saturated heterocycles. The van der Waals surface area contributed by atoms with Gasteiger partial charge in [0, 0.05) is 13.1 Å². The van der Waals surface area contributed by atoms with Crippen LogP contribution in [0.15, 0.2) is 24.3 Å². The molecule has 23 heavy (non-hydrogen) atoms. The lowest BCUT2D eigenvalue weighted by atomic mass is 9.95. The first-order chi connectivity index (χ1) is 11.1. The van der Waals surface area contributed by atoms with Crippen LogP contribution >= 0.6 is 0 Å². The van der Waals surface area contributed by atoms with Crippen LogP contribution < -0.4 is 11.1 Å². The molecule has 1 fully saturated rings. The van der Waals surface area contributed by atoms with E-state index in [0.717, 1.165) is 32.1 Å². The highest BCUT2D eigenvalue weighted by molar-refractivity contribution is 5.81. The van der Waals surface area contributed by atoms with Crippen molar-refractivity contribution in [3.05, 3.63) is 35.4 Å². The summed E-state index contributed by atoms with van der Waals surface area (Å²) in [4.78, 5) is 25.6. The number of piperidine rings is 1. The summed E-state index contributed by atoms with van der Waals surface area (Å²) < 4.78 is 0. The molecule has 5 heteroatoms. The number of aryl methyl sites for hydroxylation is 1. The molecule has 0 spiro atoms. The van der Waals surface area contributed by atoms with Gasteiger partial charge in [-0.2, -0.15) is 0 Å². The Labute approximate surface area is 137 Å². The molecule has 2 atom stereocenters. The Morgan fingerprint density at radius 1 is 1.13 bits per heavy atom. The standard InChI is InChI=1S/C18H25N3O2/c19-18(23)21-11-5-8-14(12-21)17(22)20-16-10-4-2-7-13-6-1-3-9-15(13)16/h1,3,6,9,14,16H,2,4-5,7-8,10-12H2,(H2,19,23)(H,20,22)/t14-,16-/m1/s1. The number of benzene rings is 1. The molecule has 3 N–H and O–H groups in total. The van der Waals surface area contributed by atoms with Crippen LogP contribution in [0.25, 0.3) is 0 Å². The molecule has 0 unspecified atom stereocenters. The molecule has 1 aliphatic heterocycles. The predicted octanol–water partition coefficient (Wildman–Crippen LogP) is 2.36. The number of nitrogens with two attached hydrogens (primary N) is 1. The van der Waals surface area contributed by atoms with Gasteiger partial charge in [-0.15, -0.1) is 0 Å². The van der Waals surface area contributed by atoms with Gasteiger partial charge in [-0.1, -0.05) is 30.7 Å². The SMILES string of the molecule is NC(=O)N1CCC[C@@H](C(=O)N[C@@H]2CCCCc3ccccc32)C1. The fourth-order valence-corrected chi connectivity index (χ4v) is 3.75. The molecule has 3 amide bonds. The van der Waals surface area contributed by atoms with Crippen molar-refractivity contribution in [2.75, 3.05) is 13.1 Å². The number of fused-ring (bicyclic) bond motifs is 1. The van der Waals surface area contributed by atoms with Gasteiger partial charge < -0.3 is 16.0 Å². The molecule has 3 rings (SSSR count). The summed E-state index contributed by atoms with van der Waals surface area (Å²) in [6.07, 6.45) is 6.02. The van der Waals surface area contributed by atoms with Gasteiger partial charge in [0.2, 0.25) is 5.91 Å². The Bertz CT molecular complexity index is 587. The molecule has 1 aromatic carbocycles. The van der Waals surface area contributed by atoms with E-state index in [1.54, 1.807) is 4.90 Å². The molecule has 0 saturated carbocycles. The first kappa shape index (κ1) is 15.8. The lowest BCUT2D eigenvalue weighted by Crippen LogP contribution is -2.47. The summed E-state index contributed by atoms with van der Waals surface area (Å²) in [6.45, 7) is 1.10. The number of carbonyl (C=O) groups excluding carboxylic acids is 2. The smallest absolute Gasteiger partial charge is 0.314 e. The summed E-state index contributed by atoms with van der Waals surface area (Å²) in [5, 5.41) is 3.23. The van der Waals surface area contributed by atoms with Crippen molar-refractivity contribution in [2.45, 2.75) is 44.6 Å². The zero-order chi connectivity index (χ0) is 16.2. The van der Waals surface area contributed by atoms with Crippen LogP contribution in [0.5, 0.6) is 0 Å². The van der Waals surface area contributed by atoms with Gasteiger partial charge in [-0.25, -0.2) is 4.79 Å². The second-order valence-corrected chi connectivity index (χ2v) is 6.63. The minimum atomic E-state index is -0.428. The maximum absolute atomic E-state index is 12.7. The minimum Gasteiger partial charge on any atom is -0.351 e.